The van der Waals surface area contributed by atoms with Gasteiger partial charge in [0.2, 0.25) is 0 Å². The number of aryl methyl sites for hydroxylation is 2. The van der Waals surface area contributed by atoms with Crippen molar-refractivity contribution in [3.8, 4) is 0 Å². The lowest BCUT2D eigenvalue weighted by Gasteiger charge is -2.02. The van der Waals surface area contributed by atoms with E-state index in [0.717, 1.165) is 24.1 Å². The highest BCUT2D eigenvalue weighted by atomic mass is 16.1. The molecule has 0 radical (unpaired) electrons. The van der Waals surface area contributed by atoms with Gasteiger partial charge in [-0.2, -0.15) is 0 Å². The molecule has 0 spiro atoms. The molecule has 0 aliphatic heterocycles. The summed E-state index contributed by atoms with van der Waals surface area (Å²) >= 11 is 0. The molecule has 2 rings (SSSR count). The molecular formula is C16H18N2O. The summed E-state index contributed by atoms with van der Waals surface area (Å²) in [7, 11) is 0. The average molecular weight is 254 g/mol. The number of rotatable bonds is 6. The number of ketones is 1. The Bertz CT molecular complexity index is 520. The fourth-order valence-electron chi connectivity index (χ4n) is 1.89. The molecule has 0 fully saturated rings. The van der Waals surface area contributed by atoms with Crippen molar-refractivity contribution in [1.82, 2.24) is 9.97 Å². The zero-order valence-electron chi connectivity index (χ0n) is 11.2. The number of aromatic nitrogens is 2. The van der Waals surface area contributed by atoms with Crippen LogP contribution in [0.25, 0.3) is 0 Å². The van der Waals surface area contributed by atoms with Gasteiger partial charge in [0.1, 0.15) is 5.78 Å². The van der Waals surface area contributed by atoms with Crippen molar-refractivity contribution in [2.24, 2.45) is 0 Å². The normalized spacial score (nSPS) is 10.4. The maximum absolute atomic E-state index is 11.9. The van der Waals surface area contributed by atoms with Gasteiger partial charge in [-0.1, -0.05) is 13.0 Å². The maximum Gasteiger partial charge on any atom is 0.139 e. The third-order valence-corrected chi connectivity index (χ3v) is 3.11. The third-order valence-electron chi connectivity index (χ3n) is 3.11. The second-order valence-electron chi connectivity index (χ2n) is 4.58. The third kappa shape index (κ3) is 4.28. The van der Waals surface area contributed by atoms with Crippen molar-refractivity contribution in [3.05, 3.63) is 59.7 Å². The molecule has 19 heavy (non-hydrogen) atoms. The first-order valence-electron chi connectivity index (χ1n) is 6.62. The first-order chi connectivity index (χ1) is 9.28. The highest BCUT2D eigenvalue weighted by Gasteiger charge is 2.05. The molecule has 0 bridgehead atoms. The summed E-state index contributed by atoms with van der Waals surface area (Å²) < 4.78 is 0. The van der Waals surface area contributed by atoms with Gasteiger partial charge in [0.05, 0.1) is 0 Å². The molecule has 0 amide bonds. The van der Waals surface area contributed by atoms with Crippen LogP contribution in [0.15, 0.2) is 42.9 Å². The van der Waals surface area contributed by atoms with Gasteiger partial charge in [0.25, 0.3) is 0 Å². The van der Waals surface area contributed by atoms with Gasteiger partial charge in [0, 0.05) is 37.1 Å². The number of carbonyl (C=O) groups excluding carboxylic acids is 1. The van der Waals surface area contributed by atoms with E-state index in [0.29, 0.717) is 12.8 Å². The van der Waals surface area contributed by atoms with E-state index in [-0.39, 0.29) is 5.78 Å². The van der Waals surface area contributed by atoms with Crippen LogP contribution in [0.4, 0.5) is 0 Å². The highest BCUT2D eigenvalue weighted by Crippen LogP contribution is 2.06. The average Bonchev–Trinajstić information content (AvgIpc) is 2.47. The largest absolute Gasteiger partial charge is 0.299 e. The second kappa shape index (κ2) is 6.78. The monoisotopic (exact) mass is 254 g/mol. The van der Waals surface area contributed by atoms with Gasteiger partial charge in [-0.25, -0.2) is 0 Å². The van der Waals surface area contributed by atoms with E-state index >= 15 is 0 Å². The maximum atomic E-state index is 11.9. The van der Waals surface area contributed by atoms with Crippen molar-refractivity contribution in [2.75, 3.05) is 0 Å². The number of hydrogen-bond acceptors (Lipinski definition) is 3. The van der Waals surface area contributed by atoms with Crippen LogP contribution in [0.2, 0.25) is 0 Å². The van der Waals surface area contributed by atoms with Gasteiger partial charge < -0.3 is 0 Å². The quantitative estimate of drug-likeness (QED) is 0.796. The van der Waals surface area contributed by atoms with E-state index in [9.17, 15) is 4.79 Å². The summed E-state index contributed by atoms with van der Waals surface area (Å²) in [5, 5.41) is 0. The molecule has 0 aromatic carbocycles. The van der Waals surface area contributed by atoms with Crippen LogP contribution in [0, 0.1) is 0 Å². The van der Waals surface area contributed by atoms with Crippen molar-refractivity contribution in [3.63, 3.8) is 0 Å². The van der Waals surface area contributed by atoms with Crippen LogP contribution >= 0.6 is 0 Å². The Balaban J connectivity index is 1.83. The Hall–Kier alpha value is -2.03. The molecule has 3 heteroatoms. The Labute approximate surface area is 113 Å². The molecule has 3 nitrogen and oxygen atoms in total. The number of hydrogen-bond donors (Lipinski definition) is 0. The Kier molecular flexibility index (Phi) is 4.78. The Morgan fingerprint density at radius 2 is 1.89 bits per heavy atom. The molecule has 2 heterocycles. The van der Waals surface area contributed by atoms with Crippen LogP contribution in [0.1, 0.15) is 30.2 Å². The van der Waals surface area contributed by atoms with Crippen LogP contribution in [-0.2, 0) is 24.1 Å². The smallest absolute Gasteiger partial charge is 0.139 e. The minimum atomic E-state index is 0.230. The SMILES string of the molecule is CCc1ccc(CC(=O)CCc2ccncc2)nc1. The minimum Gasteiger partial charge on any atom is -0.299 e. The van der Waals surface area contributed by atoms with Crippen molar-refractivity contribution in [1.29, 1.82) is 0 Å². The molecule has 0 atom stereocenters. The lowest BCUT2D eigenvalue weighted by atomic mass is 10.1. The predicted octanol–water partition coefficient (Wildman–Crippen LogP) is 2.78. The summed E-state index contributed by atoms with van der Waals surface area (Å²) in [5.41, 5.74) is 3.21. The number of nitrogens with zero attached hydrogens (tertiary/aromatic N) is 2. The van der Waals surface area contributed by atoms with Crippen LogP contribution < -0.4 is 0 Å². The van der Waals surface area contributed by atoms with E-state index < -0.39 is 0 Å². The number of carbonyl (C=O) groups is 1. The van der Waals surface area contributed by atoms with E-state index in [1.165, 1.54) is 5.56 Å². The van der Waals surface area contributed by atoms with Crippen LogP contribution in [0.3, 0.4) is 0 Å². The van der Waals surface area contributed by atoms with Crippen LogP contribution in [-0.4, -0.2) is 15.8 Å². The first kappa shape index (κ1) is 13.4. The molecule has 0 N–H and O–H groups in total. The van der Waals surface area contributed by atoms with Crippen molar-refractivity contribution in [2.45, 2.75) is 32.6 Å². The molecule has 0 saturated heterocycles. The second-order valence-corrected chi connectivity index (χ2v) is 4.58. The molecule has 0 unspecified atom stereocenters. The summed E-state index contributed by atoms with van der Waals surface area (Å²) in [6, 6.07) is 7.88. The van der Waals surface area contributed by atoms with E-state index in [1.54, 1.807) is 12.4 Å². The summed E-state index contributed by atoms with van der Waals surface area (Å²) in [6.07, 6.45) is 8.09. The van der Waals surface area contributed by atoms with Gasteiger partial charge in [-0.3, -0.25) is 14.8 Å². The van der Waals surface area contributed by atoms with Crippen molar-refractivity contribution >= 4 is 5.78 Å². The number of Topliss-reactive ketones (excluding diaryl/α,β-unsaturated/α-hetero) is 1. The van der Waals surface area contributed by atoms with Gasteiger partial charge in [-0.15, -0.1) is 0 Å². The lowest BCUT2D eigenvalue weighted by molar-refractivity contribution is -0.118. The molecule has 0 aliphatic carbocycles. The molecule has 2 aromatic rings. The van der Waals surface area contributed by atoms with Gasteiger partial charge in [-0.05, 0) is 42.2 Å². The van der Waals surface area contributed by atoms with Crippen LogP contribution in [0.5, 0.6) is 0 Å². The number of pyridine rings is 2. The van der Waals surface area contributed by atoms with Gasteiger partial charge in [0.15, 0.2) is 0 Å². The summed E-state index contributed by atoms with van der Waals surface area (Å²) in [6.45, 7) is 2.09. The zero-order chi connectivity index (χ0) is 13.5. The van der Waals surface area contributed by atoms with Gasteiger partial charge >= 0.3 is 0 Å². The molecular weight excluding hydrogens is 236 g/mol. The topological polar surface area (TPSA) is 42.9 Å². The predicted molar refractivity (Wildman–Crippen MR) is 74.9 cm³/mol. The lowest BCUT2D eigenvalue weighted by Crippen LogP contribution is -2.06. The van der Waals surface area contributed by atoms with Crippen molar-refractivity contribution < 1.29 is 4.79 Å². The summed E-state index contributed by atoms with van der Waals surface area (Å²) in [4.78, 5) is 20.2. The molecule has 2 aromatic heterocycles. The molecule has 0 saturated carbocycles. The summed E-state index contributed by atoms with van der Waals surface area (Å²) in [5.74, 6) is 0.230. The Morgan fingerprint density at radius 1 is 1.11 bits per heavy atom. The standard InChI is InChI=1S/C16H18N2O/c1-2-13-3-5-15(18-12-13)11-16(19)6-4-14-7-9-17-10-8-14/h3,5,7-10,12H,2,4,6,11H2,1H3. The minimum absolute atomic E-state index is 0.230. The first-order valence-corrected chi connectivity index (χ1v) is 6.62. The molecule has 0 aliphatic rings. The fourth-order valence-corrected chi connectivity index (χ4v) is 1.89. The Morgan fingerprint density at radius 3 is 2.53 bits per heavy atom. The molecule has 98 valence electrons. The zero-order valence-corrected chi connectivity index (χ0v) is 11.2. The van der Waals surface area contributed by atoms with E-state index in [4.69, 9.17) is 0 Å². The highest BCUT2D eigenvalue weighted by molar-refractivity contribution is 5.80. The van der Waals surface area contributed by atoms with E-state index in [1.807, 2.05) is 30.5 Å². The van der Waals surface area contributed by atoms with E-state index in [2.05, 4.69) is 16.9 Å². The fraction of sp³-hybridized carbons (Fsp3) is 0.312.